The van der Waals surface area contributed by atoms with Gasteiger partial charge in [0, 0.05) is 41.1 Å². The van der Waals surface area contributed by atoms with E-state index in [0.29, 0.717) is 23.9 Å². The van der Waals surface area contributed by atoms with Crippen LogP contribution in [0.15, 0.2) is 47.4 Å². The van der Waals surface area contributed by atoms with Crippen molar-refractivity contribution < 1.29 is 22.6 Å². The second-order valence-corrected chi connectivity index (χ2v) is 11.6. The minimum Gasteiger partial charge on any atom is -0.492 e. The van der Waals surface area contributed by atoms with Crippen LogP contribution in [0.3, 0.4) is 0 Å². The maximum absolute atomic E-state index is 13.7. The van der Waals surface area contributed by atoms with Gasteiger partial charge in [0.1, 0.15) is 12.3 Å². The molecule has 2 heterocycles. The fourth-order valence-electron chi connectivity index (χ4n) is 5.94. The molecule has 5 rings (SSSR count). The summed E-state index contributed by atoms with van der Waals surface area (Å²) in [6, 6.07) is 14.1. The molecular weight excluding hydrogens is 561 g/mol. The predicted molar refractivity (Wildman–Crippen MR) is 165 cm³/mol. The molecule has 2 fully saturated rings. The lowest BCUT2D eigenvalue weighted by atomic mass is 9.89. The first-order valence-corrected chi connectivity index (χ1v) is 15.9. The van der Waals surface area contributed by atoms with Crippen LogP contribution in [0.25, 0.3) is 10.9 Å². The Bertz CT molecular complexity index is 1400. The van der Waals surface area contributed by atoms with Crippen molar-refractivity contribution in [1.29, 1.82) is 0 Å². The zero-order chi connectivity index (χ0) is 29.5. The normalized spacial score (nSPS) is 19.7. The van der Waals surface area contributed by atoms with Crippen LogP contribution in [-0.4, -0.2) is 73.4 Å². The maximum Gasteiger partial charge on any atom is 0.406 e. The number of aromatic nitrogens is 1. The average molecular weight is 601 g/mol. The summed E-state index contributed by atoms with van der Waals surface area (Å²) in [4.78, 5) is 3.62. The van der Waals surface area contributed by atoms with Gasteiger partial charge in [0.15, 0.2) is 0 Å². The summed E-state index contributed by atoms with van der Waals surface area (Å²) >= 11 is 1.63. The average Bonchev–Trinajstić information content (AvgIpc) is 3.33. The van der Waals surface area contributed by atoms with Gasteiger partial charge in [-0.25, -0.2) is 0 Å². The standard InChI is InChI=1S/C32H39F3N4O2S/c1-3-41-31-21-26(42-2)13-14-29(31)36-15-5-6-25-20-27-28(7-4-8-30(27)39(25)22-32(33,34)35)37-23-9-11-24(12-10-23)38-16-18-40-19-17-38/h4,7-8,13-14,20-21,23-24,36-37H,3,9-12,15-19,22H2,1-2H3. The summed E-state index contributed by atoms with van der Waals surface area (Å²) in [5.41, 5.74) is 2.54. The summed E-state index contributed by atoms with van der Waals surface area (Å²) in [6.45, 7) is 5.22. The van der Waals surface area contributed by atoms with Crippen LogP contribution in [0.2, 0.25) is 0 Å². The topological polar surface area (TPSA) is 50.7 Å². The van der Waals surface area contributed by atoms with Crippen LogP contribution in [0.1, 0.15) is 38.3 Å². The lowest BCUT2D eigenvalue weighted by molar-refractivity contribution is -0.140. The van der Waals surface area contributed by atoms with Gasteiger partial charge in [-0.2, -0.15) is 13.2 Å². The number of ether oxygens (including phenoxy) is 2. The first kappa shape index (κ1) is 30.5. The molecule has 2 aromatic carbocycles. The number of halogens is 3. The lowest BCUT2D eigenvalue weighted by Crippen LogP contribution is -2.46. The van der Waals surface area contributed by atoms with Gasteiger partial charge in [-0.1, -0.05) is 12.0 Å². The monoisotopic (exact) mass is 600 g/mol. The van der Waals surface area contributed by atoms with Gasteiger partial charge in [0.25, 0.3) is 0 Å². The molecule has 0 spiro atoms. The van der Waals surface area contributed by atoms with Crippen LogP contribution in [0.4, 0.5) is 24.5 Å². The Morgan fingerprint density at radius 2 is 1.83 bits per heavy atom. The third-order valence-electron chi connectivity index (χ3n) is 7.97. The number of rotatable bonds is 9. The van der Waals surface area contributed by atoms with E-state index in [0.717, 1.165) is 79.4 Å². The Hall–Kier alpha value is -3.00. The number of hydrogen-bond acceptors (Lipinski definition) is 6. The number of thioether (sulfide) groups is 1. The summed E-state index contributed by atoms with van der Waals surface area (Å²) in [7, 11) is 0. The lowest BCUT2D eigenvalue weighted by Gasteiger charge is -2.39. The van der Waals surface area contributed by atoms with E-state index in [1.807, 2.05) is 43.5 Å². The van der Waals surface area contributed by atoms with E-state index >= 15 is 0 Å². The van der Waals surface area contributed by atoms with E-state index in [4.69, 9.17) is 9.47 Å². The molecule has 0 radical (unpaired) electrons. The van der Waals surface area contributed by atoms with E-state index in [1.54, 1.807) is 23.9 Å². The zero-order valence-corrected chi connectivity index (χ0v) is 25.0. The summed E-state index contributed by atoms with van der Waals surface area (Å²) in [6.07, 6.45) is 1.91. The molecule has 0 unspecified atom stereocenters. The van der Waals surface area contributed by atoms with Gasteiger partial charge >= 0.3 is 6.18 Å². The van der Waals surface area contributed by atoms with Gasteiger partial charge < -0.3 is 24.7 Å². The first-order valence-electron chi connectivity index (χ1n) is 14.7. The van der Waals surface area contributed by atoms with Crippen molar-refractivity contribution in [2.45, 2.75) is 62.3 Å². The molecule has 2 N–H and O–H groups in total. The third-order valence-corrected chi connectivity index (χ3v) is 8.70. The molecular formula is C32H39F3N4O2S. The molecule has 1 aromatic heterocycles. The molecule has 0 atom stereocenters. The molecule has 6 nitrogen and oxygen atoms in total. The second kappa shape index (κ2) is 14.0. The predicted octanol–water partition coefficient (Wildman–Crippen LogP) is 6.84. The number of nitrogens with zero attached hydrogens (tertiary/aromatic N) is 2. The van der Waals surface area contributed by atoms with Crippen molar-refractivity contribution in [1.82, 2.24) is 9.47 Å². The SMILES string of the molecule is CCOc1cc(SC)ccc1NCC#Cc1cc2c(NC3CCC(N4CCOCC4)CC3)cccc2n1CC(F)(F)F. The number of nitrogens with one attached hydrogen (secondary N) is 2. The fourth-order valence-corrected chi connectivity index (χ4v) is 6.37. The van der Waals surface area contributed by atoms with Crippen molar-refractivity contribution in [3.8, 4) is 17.6 Å². The number of benzene rings is 2. The van der Waals surface area contributed by atoms with Crippen LogP contribution in [0, 0.1) is 11.8 Å². The Kier molecular flexibility index (Phi) is 10.1. The highest BCUT2D eigenvalue weighted by atomic mass is 32.2. The molecule has 2 aliphatic rings. The number of hydrogen-bond donors (Lipinski definition) is 2. The van der Waals surface area contributed by atoms with Crippen molar-refractivity contribution in [2.75, 3.05) is 56.3 Å². The van der Waals surface area contributed by atoms with Crippen LogP contribution >= 0.6 is 11.8 Å². The zero-order valence-electron chi connectivity index (χ0n) is 24.2. The molecule has 42 heavy (non-hydrogen) atoms. The fraction of sp³-hybridized carbons (Fsp3) is 0.500. The van der Waals surface area contributed by atoms with Gasteiger partial charge in [-0.3, -0.25) is 4.90 Å². The van der Waals surface area contributed by atoms with Gasteiger partial charge in [0.2, 0.25) is 0 Å². The number of anilines is 2. The molecule has 0 amide bonds. The number of morpholine rings is 1. The van der Waals surface area contributed by atoms with E-state index in [1.165, 1.54) is 4.57 Å². The van der Waals surface area contributed by atoms with E-state index < -0.39 is 12.7 Å². The highest BCUT2D eigenvalue weighted by Gasteiger charge is 2.30. The van der Waals surface area contributed by atoms with Crippen molar-refractivity contribution >= 4 is 34.0 Å². The van der Waals surface area contributed by atoms with Gasteiger partial charge in [-0.15, -0.1) is 11.8 Å². The summed E-state index contributed by atoms with van der Waals surface area (Å²) < 4.78 is 53.5. The van der Waals surface area contributed by atoms with Gasteiger partial charge in [0.05, 0.1) is 43.3 Å². The van der Waals surface area contributed by atoms with E-state index in [-0.39, 0.29) is 12.6 Å². The molecule has 1 aliphatic carbocycles. The van der Waals surface area contributed by atoms with E-state index in [2.05, 4.69) is 27.4 Å². The Morgan fingerprint density at radius 1 is 1.05 bits per heavy atom. The van der Waals surface area contributed by atoms with Crippen LogP contribution < -0.4 is 15.4 Å². The second-order valence-electron chi connectivity index (χ2n) is 10.7. The Morgan fingerprint density at radius 3 is 2.55 bits per heavy atom. The summed E-state index contributed by atoms with van der Waals surface area (Å²) in [5, 5.41) is 7.67. The molecule has 1 saturated heterocycles. The van der Waals surface area contributed by atoms with Crippen LogP contribution in [0.5, 0.6) is 5.75 Å². The quantitative estimate of drug-likeness (QED) is 0.207. The minimum atomic E-state index is -4.37. The van der Waals surface area contributed by atoms with Crippen molar-refractivity contribution in [3.63, 3.8) is 0 Å². The van der Waals surface area contributed by atoms with Gasteiger partial charge in [-0.05, 0) is 81.2 Å². The maximum atomic E-state index is 13.7. The molecule has 1 aliphatic heterocycles. The Balaban J connectivity index is 1.32. The molecule has 3 aromatic rings. The van der Waals surface area contributed by atoms with Crippen molar-refractivity contribution in [3.05, 3.63) is 48.2 Å². The van der Waals surface area contributed by atoms with Crippen molar-refractivity contribution in [2.24, 2.45) is 0 Å². The van der Waals surface area contributed by atoms with E-state index in [9.17, 15) is 13.2 Å². The molecule has 0 bridgehead atoms. The molecule has 226 valence electrons. The number of alkyl halides is 3. The van der Waals surface area contributed by atoms with Crippen LogP contribution in [-0.2, 0) is 11.3 Å². The molecule has 10 heteroatoms. The molecule has 1 saturated carbocycles. The minimum absolute atomic E-state index is 0.268. The smallest absolute Gasteiger partial charge is 0.406 e. The highest BCUT2D eigenvalue weighted by Crippen LogP contribution is 2.33. The first-order chi connectivity index (χ1) is 20.3. The summed E-state index contributed by atoms with van der Waals surface area (Å²) in [5.74, 6) is 6.76. The number of fused-ring (bicyclic) bond motifs is 1. The Labute approximate surface area is 250 Å². The highest BCUT2D eigenvalue weighted by molar-refractivity contribution is 7.98. The largest absolute Gasteiger partial charge is 0.492 e. The third kappa shape index (κ3) is 7.68.